The Balaban J connectivity index is 0.00000103. The zero-order valence-corrected chi connectivity index (χ0v) is 23.8. The van der Waals surface area contributed by atoms with Crippen LogP contribution >= 0.6 is 24.0 Å². The Morgan fingerprint density at radius 1 is 1.05 bits per heavy atom. The summed E-state index contributed by atoms with van der Waals surface area (Å²) in [6.45, 7) is 2.83. The third-order valence-corrected chi connectivity index (χ3v) is 7.47. The number of ether oxygens (including phenoxy) is 1. The van der Waals surface area contributed by atoms with Gasteiger partial charge in [-0.2, -0.15) is 8.42 Å². The second-order valence-corrected chi connectivity index (χ2v) is 11.5. The number of amides is 3. The van der Waals surface area contributed by atoms with Crippen molar-refractivity contribution < 1.29 is 42.0 Å². The number of hydrogen-bond acceptors (Lipinski definition) is 9. The molecule has 1 saturated heterocycles. The Morgan fingerprint density at radius 3 is 2.27 bits per heavy atom. The van der Waals surface area contributed by atoms with Crippen molar-refractivity contribution in [2.24, 2.45) is 0 Å². The summed E-state index contributed by atoms with van der Waals surface area (Å²) < 4.78 is 36.7. The largest absolute Gasteiger partial charge is 0.494 e. The number of aliphatic carboxylic acids is 1. The van der Waals surface area contributed by atoms with E-state index in [0.717, 1.165) is 23.6 Å². The second kappa shape index (κ2) is 13.0. The first-order valence-corrected chi connectivity index (χ1v) is 14.5. The molecule has 15 heteroatoms. The van der Waals surface area contributed by atoms with Gasteiger partial charge < -0.3 is 15.2 Å². The van der Waals surface area contributed by atoms with Crippen LogP contribution in [0, 0.1) is 0 Å². The molecule has 0 aromatic heterocycles. The normalized spacial score (nSPS) is 16.4. The summed E-state index contributed by atoms with van der Waals surface area (Å²) in [5.41, 5.74) is 1.55. The molecule has 0 unspecified atom stereocenters. The van der Waals surface area contributed by atoms with E-state index in [4.69, 9.17) is 31.4 Å². The number of rotatable bonds is 8. The van der Waals surface area contributed by atoms with Gasteiger partial charge in [0.05, 0.1) is 28.5 Å². The van der Waals surface area contributed by atoms with Gasteiger partial charge in [-0.15, -0.1) is 0 Å². The van der Waals surface area contributed by atoms with Gasteiger partial charge in [-0.25, -0.2) is 0 Å². The summed E-state index contributed by atoms with van der Waals surface area (Å²) >= 11 is 6.09. The first-order valence-electron chi connectivity index (χ1n) is 11.7. The molecule has 12 nitrogen and oxygen atoms in total. The minimum atomic E-state index is -4.31. The highest BCUT2D eigenvalue weighted by molar-refractivity contribution is 8.26. The SMILES string of the molecule is CC(=O)O.CCOc1ccc(NC(=O)CN2C(=O)/C(=C3\SC(=S)N(CCS(=O)(=O)O)C3=O)c3ccccc32)cc1. The van der Waals surface area contributed by atoms with Gasteiger partial charge in [0.25, 0.3) is 27.9 Å². The molecule has 0 atom stereocenters. The number of fused-ring (bicyclic) bond motifs is 1. The minimum Gasteiger partial charge on any atom is -0.494 e. The van der Waals surface area contributed by atoms with Crippen molar-refractivity contribution in [3.05, 3.63) is 59.0 Å². The van der Waals surface area contributed by atoms with Gasteiger partial charge in [0, 0.05) is 24.7 Å². The lowest BCUT2D eigenvalue weighted by Gasteiger charge is -2.17. The van der Waals surface area contributed by atoms with Gasteiger partial charge in [0.15, 0.2) is 0 Å². The summed E-state index contributed by atoms with van der Waals surface area (Å²) in [7, 11) is -4.31. The number of thioether (sulfide) groups is 1. The van der Waals surface area contributed by atoms with Gasteiger partial charge in [-0.1, -0.05) is 42.2 Å². The molecular weight excluding hydrogens is 582 g/mol. The molecule has 1 fully saturated rings. The van der Waals surface area contributed by atoms with E-state index in [1.807, 2.05) is 6.92 Å². The van der Waals surface area contributed by atoms with Crippen LogP contribution in [0.15, 0.2) is 53.4 Å². The molecule has 2 heterocycles. The van der Waals surface area contributed by atoms with Crippen LogP contribution < -0.4 is 15.0 Å². The van der Waals surface area contributed by atoms with Crippen LogP contribution in [0.2, 0.25) is 0 Å². The van der Waals surface area contributed by atoms with Crippen molar-refractivity contribution in [3.63, 3.8) is 0 Å². The van der Waals surface area contributed by atoms with Crippen molar-refractivity contribution in [2.75, 3.05) is 35.7 Å². The molecule has 4 rings (SSSR count). The lowest BCUT2D eigenvalue weighted by Crippen LogP contribution is -2.36. The standard InChI is InChI=1S/C23H21N3O7S3.C2H4O2/c1-2-33-15-9-7-14(8-10-15)24-18(27)13-26-17-6-4-3-5-16(17)19(21(26)28)20-22(29)25(23(34)35-20)11-12-36(30,31)32;1-2(3)4/h3-10H,2,11-13H2,1H3,(H,24,27)(H,30,31,32);1H3,(H,3,4)/b20-19-;. The van der Waals surface area contributed by atoms with Gasteiger partial charge in [-0.05, 0) is 37.3 Å². The van der Waals surface area contributed by atoms with Crippen LogP contribution in [-0.2, 0) is 29.3 Å². The Bertz CT molecular complexity index is 1480. The van der Waals surface area contributed by atoms with Crippen LogP contribution in [0.25, 0.3) is 5.57 Å². The third-order valence-electron chi connectivity index (χ3n) is 5.32. The summed E-state index contributed by atoms with van der Waals surface area (Å²) in [5.74, 6) is -2.48. The predicted octanol–water partition coefficient (Wildman–Crippen LogP) is 2.62. The number of benzene rings is 2. The molecule has 212 valence electrons. The third kappa shape index (κ3) is 7.65. The highest BCUT2D eigenvalue weighted by Crippen LogP contribution is 2.44. The molecule has 0 radical (unpaired) electrons. The molecule has 2 aliphatic rings. The summed E-state index contributed by atoms with van der Waals surface area (Å²) in [6.07, 6.45) is 0. The molecule has 3 N–H and O–H groups in total. The average Bonchev–Trinajstić information content (AvgIpc) is 3.30. The number of anilines is 2. The Hall–Kier alpha value is -3.79. The molecule has 0 spiro atoms. The number of thiocarbonyl (C=S) groups is 1. The maximum absolute atomic E-state index is 13.4. The van der Waals surface area contributed by atoms with Crippen LogP contribution in [0.3, 0.4) is 0 Å². The van der Waals surface area contributed by atoms with Gasteiger partial charge >= 0.3 is 0 Å². The second-order valence-electron chi connectivity index (χ2n) is 8.25. The summed E-state index contributed by atoms with van der Waals surface area (Å²) in [4.78, 5) is 50.6. The van der Waals surface area contributed by atoms with E-state index in [9.17, 15) is 22.8 Å². The van der Waals surface area contributed by atoms with E-state index in [1.165, 1.54) is 4.90 Å². The maximum Gasteiger partial charge on any atom is 0.300 e. The molecular formula is C25H25N3O9S3. The number of carboxylic acid groups (broad SMARTS) is 1. The fourth-order valence-corrected chi connectivity index (χ4v) is 5.54. The van der Waals surface area contributed by atoms with Crippen molar-refractivity contribution in [2.45, 2.75) is 13.8 Å². The van der Waals surface area contributed by atoms with Crippen molar-refractivity contribution in [1.29, 1.82) is 0 Å². The zero-order chi connectivity index (χ0) is 29.6. The molecule has 40 heavy (non-hydrogen) atoms. The van der Waals surface area contributed by atoms with Gasteiger partial charge in [0.1, 0.15) is 16.6 Å². The molecule has 2 aromatic carbocycles. The van der Waals surface area contributed by atoms with Crippen LogP contribution in [0.1, 0.15) is 19.4 Å². The lowest BCUT2D eigenvalue weighted by atomic mass is 10.1. The monoisotopic (exact) mass is 607 g/mol. The molecule has 0 saturated carbocycles. The highest BCUT2D eigenvalue weighted by atomic mass is 32.2. The number of nitrogens with zero attached hydrogens (tertiary/aromatic N) is 2. The maximum atomic E-state index is 13.4. The van der Waals surface area contributed by atoms with Crippen molar-refractivity contribution >= 4 is 79.1 Å². The number of carbonyl (C=O) groups excluding carboxylic acids is 3. The lowest BCUT2D eigenvalue weighted by molar-refractivity contribution is -0.134. The van der Waals surface area contributed by atoms with E-state index >= 15 is 0 Å². The summed E-state index contributed by atoms with van der Waals surface area (Å²) in [6, 6.07) is 13.6. The van der Waals surface area contributed by atoms with Crippen LogP contribution in [-0.4, -0.2) is 76.4 Å². The van der Waals surface area contributed by atoms with Crippen LogP contribution in [0.5, 0.6) is 5.75 Å². The fraction of sp³-hybridized carbons (Fsp3) is 0.240. The molecule has 0 aliphatic carbocycles. The van der Waals surface area contributed by atoms with E-state index in [2.05, 4.69) is 5.32 Å². The van der Waals surface area contributed by atoms with Crippen molar-refractivity contribution in [1.82, 2.24) is 4.90 Å². The first kappa shape index (κ1) is 30.7. The van der Waals surface area contributed by atoms with Crippen LogP contribution in [0.4, 0.5) is 11.4 Å². The molecule has 0 bridgehead atoms. The zero-order valence-electron chi connectivity index (χ0n) is 21.3. The van der Waals surface area contributed by atoms with E-state index < -0.39 is 39.6 Å². The first-order chi connectivity index (χ1) is 18.8. The number of nitrogens with one attached hydrogen (secondary N) is 1. The number of para-hydroxylation sites is 1. The number of hydrogen-bond donors (Lipinski definition) is 3. The Labute approximate surface area is 239 Å². The van der Waals surface area contributed by atoms with E-state index in [-0.39, 0.29) is 27.9 Å². The smallest absolute Gasteiger partial charge is 0.300 e. The minimum absolute atomic E-state index is 0.0437. The van der Waals surface area contributed by atoms with Gasteiger partial charge in [0.2, 0.25) is 5.91 Å². The number of carbonyl (C=O) groups is 4. The van der Waals surface area contributed by atoms with E-state index in [1.54, 1.807) is 48.5 Å². The Morgan fingerprint density at radius 2 is 1.68 bits per heavy atom. The van der Waals surface area contributed by atoms with Crippen molar-refractivity contribution in [3.8, 4) is 5.75 Å². The summed E-state index contributed by atoms with van der Waals surface area (Å²) in [5, 5.41) is 10.2. The number of carboxylic acids is 1. The fourth-order valence-electron chi connectivity index (χ4n) is 3.75. The highest BCUT2D eigenvalue weighted by Gasteiger charge is 2.42. The molecule has 2 aliphatic heterocycles. The quantitative estimate of drug-likeness (QED) is 0.229. The van der Waals surface area contributed by atoms with Gasteiger partial charge in [-0.3, -0.25) is 33.5 Å². The Kier molecular flexibility index (Phi) is 10.0. The average molecular weight is 608 g/mol. The molecule has 2 aromatic rings. The topological polar surface area (TPSA) is 171 Å². The molecule has 3 amide bonds. The van der Waals surface area contributed by atoms with E-state index in [0.29, 0.717) is 29.3 Å². The predicted molar refractivity (Wildman–Crippen MR) is 154 cm³/mol.